The van der Waals surface area contributed by atoms with Crippen LogP contribution in [0.3, 0.4) is 0 Å². The summed E-state index contributed by atoms with van der Waals surface area (Å²) in [4.78, 5) is 26.5. The van der Waals surface area contributed by atoms with Crippen LogP contribution in [0.15, 0.2) is 46.2 Å². The monoisotopic (exact) mass is 530 g/mol. The maximum absolute atomic E-state index is 13.3. The molecule has 1 amide bonds. The Kier molecular flexibility index (Phi) is 7.99. The molecule has 11 heteroatoms. The van der Waals surface area contributed by atoms with Gasteiger partial charge in [-0.25, -0.2) is 9.18 Å². The van der Waals surface area contributed by atoms with E-state index in [1.807, 2.05) is 11.5 Å². The molecule has 0 radical (unpaired) electrons. The van der Waals surface area contributed by atoms with E-state index in [-0.39, 0.29) is 23.0 Å². The maximum Gasteiger partial charge on any atom is 0.341 e. The van der Waals surface area contributed by atoms with Crippen molar-refractivity contribution in [2.75, 3.05) is 18.2 Å². The Morgan fingerprint density at radius 3 is 2.57 bits per heavy atom. The van der Waals surface area contributed by atoms with E-state index < -0.39 is 5.97 Å². The van der Waals surface area contributed by atoms with Crippen LogP contribution in [-0.4, -0.2) is 39.5 Å². The van der Waals surface area contributed by atoms with Gasteiger partial charge in [-0.05, 0) is 37.1 Å². The second-order valence-electron chi connectivity index (χ2n) is 7.59. The number of anilines is 1. The molecule has 0 aliphatic heterocycles. The van der Waals surface area contributed by atoms with Gasteiger partial charge in [-0.2, -0.15) is 0 Å². The Labute approximate surface area is 214 Å². The highest BCUT2D eigenvalue weighted by Crippen LogP contribution is 2.36. The first-order valence-corrected chi connectivity index (χ1v) is 13.5. The maximum atomic E-state index is 13.3. The summed E-state index contributed by atoms with van der Waals surface area (Å²) >= 11 is 4.16. The summed E-state index contributed by atoms with van der Waals surface area (Å²) in [6.07, 6.45) is 0.901. The first-order chi connectivity index (χ1) is 16.9. The smallest absolute Gasteiger partial charge is 0.341 e. The summed E-state index contributed by atoms with van der Waals surface area (Å²) in [5.41, 5.74) is 2.48. The molecular weight excluding hydrogens is 507 g/mol. The summed E-state index contributed by atoms with van der Waals surface area (Å²) < 4.78 is 20.3. The van der Waals surface area contributed by atoms with Gasteiger partial charge in [-0.15, -0.1) is 32.9 Å². The lowest BCUT2D eigenvalue weighted by Crippen LogP contribution is -2.16. The van der Waals surface area contributed by atoms with Crippen LogP contribution in [0.5, 0.6) is 0 Å². The van der Waals surface area contributed by atoms with E-state index in [4.69, 9.17) is 4.74 Å². The number of rotatable bonds is 9. The van der Waals surface area contributed by atoms with Crippen molar-refractivity contribution in [3.63, 3.8) is 0 Å². The predicted molar refractivity (Wildman–Crippen MR) is 139 cm³/mol. The number of aryl methyl sites for hydroxylation is 1. The SMILES string of the molecule is CCCn1c(SCC(=O)Nc2scc(-c3ccc(F)cc3)c2C(=O)OC)nnc1-c1csc(C)c1. The molecule has 0 saturated carbocycles. The summed E-state index contributed by atoms with van der Waals surface area (Å²) in [6, 6.07) is 7.88. The van der Waals surface area contributed by atoms with Crippen molar-refractivity contribution in [3.05, 3.63) is 57.3 Å². The largest absolute Gasteiger partial charge is 0.465 e. The van der Waals surface area contributed by atoms with Gasteiger partial charge in [-0.1, -0.05) is 30.8 Å². The van der Waals surface area contributed by atoms with Crippen LogP contribution in [0.4, 0.5) is 9.39 Å². The highest BCUT2D eigenvalue weighted by molar-refractivity contribution is 7.99. The van der Waals surface area contributed by atoms with Crippen molar-refractivity contribution >= 4 is 51.3 Å². The van der Waals surface area contributed by atoms with Gasteiger partial charge in [-0.3, -0.25) is 4.79 Å². The highest BCUT2D eigenvalue weighted by Gasteiger charge is 2.23. The minimum Gasteiger partial charge on any atom is -0.465 e. The van der Waals surface area contributed by atoms with E-state index in [1.165, 1.54) is 47.2 Å². The number of carbonyl (C=O) groups is 2. The molecule has 7 nitrogen and oxygen atoms in total. The molecule has 182 valence electrons. The number of nitrogens with one attached hydrogen (secondary N) is 1. The average molecular weight is 531 g/mol. The summed E-state index contributed by atoms with van der Waals surface area (Å²) in [5.74, 6) is -0.357. The van der Waals surface area contributed by atoms with Crippen LogP contribution in [0.1, 0.15) is 28.6 Å². The number of halogens is 1. The minimum absolute atomic E-state index is 0.0922. The molecule has 0 saturated heterocycles. The van der Waals surface area contributed by atoms with E-state index in [1.54, 1.807) is 28.8 Å². The molecule has 3 heterocycles. The summed E-state index contributed by atoms with van der Waals surface area (Å²) in [7, 11) is 1.28. The normalized spacial score (nSPS) is 11.0. The van der Waals surface area contributed by atoms with Crippen molar-refractivity contribution in [3.8, 4) is 22.5 Å². The average Bonchev–Trinajstić information content (AvgIpc) is 3.57. The van der Waals surface area contributed by atoms with Crippen molar-refractivity contribution in [1.82, 2.24) is 14.8 Å². The zero-order valence-corrected chi connectivity index (χ0v) is 21.8. The van der Waals surface area contributed by atoms with Crippen LogP contribution < -0.4 is 5.32 Å². The zero-order chi connectivity index (χ0) is 24.9. The van der Waals surface area contributed by atoms with Crippen LogP contribution >= 0.6 is 34.4 Å². The van der Waals surface area contributed by atoms with Gasteiger partial charge in [0.05, 0.1) is 12.9 Å². The molecule has 3 aromatic heterocycles. The van der Waals surface area contributed by atoms with E-state index in [0.717, 1.165) is 24.4 Å². The third-order valence-corrected chi connectivity index (χ3v) is 7.80. The predicted octanol–water partition coefficient (Wildman–Crippen LogP) is 6.11. The molecule has 0 bridgehead atoms. The third-order valence-electron chi connectivity index (χ3n) is 5.07. The molecule has 35 heavy (non-hydrogen) atoms. The highest BCUT2D eigenvalue weighted by atomic mass is 32.2. The van der Waals surface area contributed by atoms with Crippen LogP contribution in [0, 0.1) is 12.7 Å². The number of hydrogen-bond acceptors (Lipinski definition) is 8. The molecule has 0 spiro atoms. The Hall–Kier alpha value is -3.02. The van der Waals surface area contributed by atoms with Gasteiger partial charge in [0.25, 0.3) is 0 Å². The fraction of sp³-hybridized carbons (Fsp3) is 0.250. The summed E-state index contributed by atoms with van der Waals surface area (Å²) in [5, 5.41) is 16.3. The molecule has 0 fully saturated rings. The number of aromatic nitrogens is 3. The van der Waals surface area contributed by atoms with E-state index in [2.05, 4.69) is 33.9 Å². The Morgan fingerprint density at radius 2 is 1.91 bits per heavy atom. The standard InChI is InChI=1S/C24H23FN4O3S3/c1-4-9-29-21(16-10-14(2)33-11-16)27-28-24(29)35-13-19(30)26-22-20(23(31)32-3)18(12-34-22)15-5-7-17(25)8-6-15/h5-8,10-12H,4,9,13H2,1-3H3,(H,26,30). The van der Waals surface area contributed by atoms with Crippen LogP contribution in [-0.2, 0) is 16.1 Å². The van der Waals surface area contributed by atoms with Gasteiger partial charge < -0.3 is 14.6 Å². The second kappa shape index (κ2) is 11.1. The fourth-order valence-electron chi connectivity index (χ4n) is 3.48. The Morgan fingerprint density at radius 1 is 1.14 bits per heavy atom. The molecule has 0 atom stereocenters. The van der Waals surface area contributed by atoms with Gasteiger partial charge in [0.1, 0.15) is 16.4 Å². The molecular formula is C24H23FN4O3S3. The number of carbonyl (C=O) groups excluding carboxylic acids is 2. The van der Waals surface area contributed by atoms with E-state index in [9.17, 15) is 14.0 Å². The van der Waals surface area contributed by atoms with E-state index in [0.29, 0.717) is 21.3 Å². The molecule has 0 unspecified atom stereocenters. The van der Waals surface area contributed by atoms with E-state index >= 15 is 0 Å². The molecule has 0 aliphatic rings. The van der Waals surface area contributed by atoms with Gasteiger partial charge in [0.2, 0.25) is 5.91 Å². The number of methoxy groups -OCH3 is 1. The number of ether oxygens (including phenoxy) is 1. The second-order valence-corrected chi connectivity index (χ2v) is 10.5. The molecule has 1 N–H and O–H groups in total. The minimum atomic E-state index is -0.577. The third kappa shape index (κ3) is 5.63. The Bertz CT molecular complexity index is 1340. The van der Waals surface area contributed by atoms with Gasteiger partial charge >= 0.3 is 5.97 Å². The fourth-order valence-corrected chi connectivity index (χ4v) is 5.90. The number of thiophene rings is 2. The quantitative estimate of drug-likeness (QED) is 0.208. The molecule has 4 aromatic rings. The molecule has 0 aliphatic carbocycles. The van der Waals surface area contributed by atoms with Crippen molar-refractivity contribution in [1.29, 1.82) is 0 Å². The number of amides is 1. The first-order valence-electron chi connectivity index (χ1n) is 10.8. The zero-order valence-electron chi connectivity index (χ0n) is 19.3. The van der Waals surface area contributed by atoms with Gasteiger partial charge in [0.15, 0.2) is 11.0 Å². The Balaban J connectivity index is 1.51. The number of esters is 1. The lowest BCUT2D eigenvalue weighted by molar-refractivity contribution is -0.113. The van der Waals surface area contributed by atoms with Crippen molar-refractivity contribution < 1.29 is 18.7 Å². The van der Waals surface area contributed by atoms with Gasteiger partial charge in [0, 0.05) is 33.3 Å². The van der Waals surface area contributed by atoms with Crippen molar-refractivity contribution in [2.24, 2.45) is 0 Å². The number of nitrogens with zero attached hydrogens (tertiary/aromatic N) is 3. The summed E-state index contributed by atoms with van der Waals surface area (Å²) in [6.45, 7) is 4.86. The number of benzene rings is 1. The van der Waals surface area contributed by atoms with Crippen LogP contribution in [0.25, 0.3) is 22.5 Å². The number of thioether (sulfide) groups is 1. The van der Waals surface area contributed by atoms with Crippen LogP contribution in [0.2, 0.25) is 0 Å². The number of hydrogen-bond donors (Lipinski definition) is 1. The lowest BCUT2D eigenvalue weighted by atomic mass is 10.0. The lowest BCUT2D eigenvalue weighted by Gasteiger charge is -2.09. The van der Waals surface area contributed by atoms with Crippen molar-refractivity contribution in [2.45, 2.75) is 32.0 Å². The topological polar surface area (TPSA) is 86.1 Å². The first kappa shape index (κ1) is 25.1. The molecule has 1 aromatic carbocycles. The molecule has 4 rings (SSSR count).